The van der Waals surface area contributed by atoms with Crippen LogP contribution in [-0.2, 0) is 14.3 Å². The Bertz CT molecular complexity index is 1110. The summed E-state index contributed by atoms with van der Waals surface area (Å²) in [6.07, 6.45) is 0.335. The van der Waals surface area contributed by atoms with E-state index in [4.69, 9.17) is 4.74 Å². The molecule has 3 aliphatic heterocycles. The van der Waals surface area contributed by atoms with Crippen molar-refractivity contribution < 1.29 is 41.7 Å². The predicted octanol–water partition coefficient (Wildman–Crippen LogP) is 4.43. The van der Waals surface area contributed by atoms with Gasteiger partial charge in [0.25, 0.3) is 5.91 Å². The quantitative estimate of drug-likeness (QED) is 0.452. The molecule has 228 valence electrons. The van der Waals surface area contributed by atoms with Crippen molar-refractivity contribution in [1.29, 1.82) is 0 Å². The maximum Gasteiger partial charge on any atom is 0.573 e. The van der Waals surface area contributed by atoms with E-state index < -0.39 is 29.8 Å². The zero-order chi connectivity index (χ0) is 29.4. The van der Waals surface area contributed by atoms with E-state index >= 15 is 4.39 Å². The molecule has 0 aromatic heterocycles. The summed E-state index contributed by atoms with van der Waals surface area (Å²) in [4.78, 5) is 30.7. The zero-order valence-corrected chi connectivity index (χ0v) is 23.4. The summed E-state index contributed by atoms with van der Waals surface area (Å²) in [5.74, 6) is -2.79. The number of likely N-dealkylation sites (tertiary alicyclic amines) is 2. The van der Waals surface area contributed by atoms with Crippen LogP contribution in [0, 0.1) is 11.8 Å². The number of amides is 1. The molecular weight excluding hydrogens is 546 g/mol. The SMILES string of the molecule is COC[C@H]1CN(C(=O)[C@@]2(F)CCN(C3CCCC3)C2)C[C@@H]1c1ccc(OC(F)(F)F)cc1N1CCC(C(=O)O)CC1. The van der Waals surface area contributed by atoms with Gasteiger partial charge >= 0.3 is 12.3 Å². The van der Waals surface area contributed by atoms with Crippen molar-refractivity contribution in [2.75, 3.05) is 57.9 Å². The minimum Gasteiger partial charge on any atom is -0.481 e. The third-order valence-electron chi connectivity index (χ3n) is 9.40. The summed E-state index contributed by atoms with van der Waals surface area (Å²) >= 11 is 0. The molecule has 1 amide bonds. The largest absolute Gasteiger partial charge is 0.573 e. The summed E-state index contributed by atoms with van der Waals surface area (Å²) in [6, 6.07) is 4.52. The van der Waals surface area contributed by atoms with Gasteiger partial charge in [-0.25, -0.2) is 4.39 Å². The van der Waals surface area contributed by atoms with Gasteiger partial charge in [-0.15, -0.1) is 13.2 Å². The van der Waals surface area contributed by atoms with Crippen molar-refractivity contribution in [2.45, 2.75) is 68.9 Å². The van der Waals surface area contributed by atoms with E-state index in [0.717, 1.165) is 31.2 Å². The summed E-state index contributed by atoms with van der Waals surface area (Å²) < 4.78 is 65.0. The van der Waals surface area contributed by atoms with E-state index in [1.54, 1.807) is 18.1 Å². The third-order valence-corrected chi connectivity index (χ3v) is 9.40. The number of aliphatic carboxylic acids is 1. The lowest BCUT2D eigenvalue weighted by Gasteiger charge is -2.35. The second kappa shape index (κ2) is 11.9. The molecule has 1 aliphatic carbocycles. The summed E-state index contributed by atoms with van der Waals surface area (Å²) in [5, 5.41) is 9.41. The zero-order valence-electron chi connectivity index (χ0n) is 23.4. The van der Waals surface area contributed by atoms with Crippen LogP contribution < -0.4 is 9.64 Å². The predicted molar refractivity (Wildman–Crippen MR) is 143 cm³/mol. The fraction of sp³-hybridized carbons (Fsp3) is 0.724. The Balaban J connectivity index is 1.39. The molecule has 1 aromatic rings. The Morgan fingerprint density at radius 3 is 2.41 bits per heavy atom. The number of alkyl halides is 4. The van der Waals surface area contributed by atoms with Gasteiger partial charge < -0.3 is 24.4 Å². The van der Waals surface area contributed by atoms with Crippen LogP contribution in [0.5, 0.6) is 5.75 Å². The van der Waals surface area contributed by atoms with Gasteiger partial charge in [-0.3, -0.25) is 14.5 Å². The Morgan fingerprint density at radius 2 is 1.78 bits per heavy atom. The van der Waals surface area contributed by atoms with Gasteiger partial charge in [0.15, 0.2) is 0 Å². The molecule has 0 spiro atoms. The molecule has 4 fully saturated rings. The highest BCUT2D eigenvalue weighted by Crippen LogP contribution is 2.43. The molecular formula is C29H39F4N3O5. The van der Waals surface area contributed by atoms with Gasteiger partial charge in [-0.05, 0) is 37.3 Å². The topological polar surface area (TPSA) is 82.6 Å². The van der Waals surface area contributed by atoms with Gasteiger partial charge in [0.2, 0.25) is 5.67 Å². The normalized spacial score (nSPS) is 28.5. The molecule has 3 saturated heterocycles. The Hall–Kier alpha value is -2.60. The van der Waals surface area contributed by atoms with Crippen LogP contribution in [0.1, 0.15) is 56.4 Å². The molecule has 3 atom stereocenters. The number of ether oxygens (including phenoxy) is 2. The molecule has 1 saturated carbocycles. The van der Waals surface area contributed by atoms with E-state index in [-0.39, 0.29) is 43.6 Å². The van der Waals surface area contributed by atoms with Crippen LogP contribution in [0.15, 0.2) is 18.2 Å². The first kappa shape index (κ1) is 29.9. The van der Waals surface area contributed by atoms with Crippen molar-refractivity contribution in [3.05, 3.63) is 23.8 Å². The van der Waals surface area contributed by atoms with Crippen LogP contribution in [-0.4, -0.2) is 97.8 Å². The molecule has 5 rings (SSSR count). The molecule has 12 heteroatoms. The second-order valence-electron chi connectivity index (χ2n) is 12.0. The molecule has 41 heavy (non-hydrogen) atoms. The number of rotatable bonds is 8. The molecule has 0 radical (unpaired) electrons. The van der Waals surface area contributed by atoms with Crippen LogP contribution in [0.4, 0.5) is 23.2 Å². The van der Waals surface area contributed by atoms with Gasteiger partial charge in [0, 0.05) is 82.4 Å². The maximum absolute atomic E-state index is 16.1. The Kier molecular flexibility index (Phi) is 8.71. The molecule has 3 heterocycles. The number of halogens is 4. The number of piperidine rings is 1. The maximum atomic E-state index is 16.1. The Labute approximate surface area is 237 Å². The number of carbonyl (C=O) groups excluding carboxylic acids is 1. The van der Waals surface area contributed by atoms with Crippen LogP contribution in [0.3, 0.4) is 0 Å². The second-order valence-corrected chi connectivity index (χ2v) is 12.0. The Morgan fingerprint density at radius 1 is 1.07 bits per heavy atom. The molecule has 8 nitrogen and oxygen atoms in total. The fourth-order valence-electron chi connectivity index (χ4n) is 7.29. The van der Waals surface area contributed by atoms with E-state index in [2.05, 4.69) is 9.64 Å². The third kappa shape index (κ3) is 6.58. The van der Waals surface area contributed by atoms with Crippen LogP contribution >= 0.6 is 0 Å². The molecule has 0 bridgehead atoms. The van der Waals surface area contributed by atoms with Gasteiger partial charge in [-0.1, -0.05) is 18.9 Å². The number of hydrogen-bond acceptors (Lipinski definition) is 6. The van der Waals surface area contributed by atoms with Crippen molar-refractivity contribution >= 4 is 17.6 Å². The van der Waals surface area contributed by atoms with Crippen LogP contribution in [0.2, 0.25) is 0 Å². The van der Waals surface area contributed by atoms with E-state index in [0.29, 0.717) is 50.8 Å². The number of methoxy groups -OCH3 is 1. The first-order chi connectivity index (χ1) is 19.5. The lowest BCUT2D eigenvalue weighted by Crippen LogP contribution is -2.48. The first-order valence-corrected chi connectivity index (χ1v) is 14.6. The van der Waals surface area contributed by atoms with Crippen molar-refractivity contribution in [2.24, 2.45) is 11.8 Å². The highest BCUT2D eigenvalue weighted by atomic mass is 19.4. The smallest absolute Gasteiger partial charge is 0.481 e. The van der Waals surface area contributed by atoms with Crippen molar-refractivity contribution in [3.8, 4) is 5.75 Å². The first-order valence-electron chi connectivity index (χ1n) is 14.6. The fourth-order valence-corrected chi connectivity index (χ4v) is 7.29. The standard InChI is InChI=1S/C29H39F4N3O5/c1-40-17-20-15-36(27(39)28(30)10-13-35(18-28)21-4-2-3-5-21)16-24(20)23-7-6-22(41-29(31,32)33)14-25(23)34-11-8-19(9-12-34)26(37)38/h6-7,14,19-21,24H,2-5,8-13,15-18H2,1H3,(H,37,38)/t20-,24+,28-/m1/s1. The van der Waals surface area contributed by atoms with E-state index in [1.165, 1.54) is 12.1 Å². The monoisotopic (exact) mass is 585 g/mol. The van der Waals surface area contributed by atoms with Gasteiger partial charge in [0.05, 0.1) is 12.5 Å². The number of carbonyl (C=O) groups is 2. The average molecular weight is 586 g/mol. The molecule has 1 aromatic carbocycles. The molecule has 0 unspecified atom stereocenters. The van der Waals surface area contributed by atoms with Crippen molar-refractivity contribution in [3.63, 3.8) is 0 Å². The molecule has 4 aliphatic rings. The van der Waals surface area contributed by atoms with E-state index in [9.17, 15) is 27.9 Å². The van der Waals surface area contributed by atoms with Crippen molar-refractivity contribution in [1.82, 2.24) is 9.80 Å². The number of carboxylic acids is 1. The number of hydrogen-bond donors (Lipinski definition) is 1. The highest BCUT2D eigenvalue weighted by Gasteiger charge is 2.51. The molecule has 1 N–H and O–H groups in total. The van der Waals surface area contributed by atoms with Gasteiger partial charge in [-0.2, -0.15) is 0 Å². The van der Waals surface area contributed by atoms with E-state index in [1.807, 2.05) is 4.90 Å². The van der Waals surface area contributed by atoms with Gasteiger partial charge in [0.1, 0.15) is 5.75 Å². The number of carboxylic acid groups (broad SMARTS) is 1. The lowest BCUT2D eigenvalue weighted by molar-refractivity contribution is -0.274. The van der Waals surface area contributed by atoms with Crippen LogP contribution in [0.25, 0.3) is 0 Å². The lowest BCUT2D eigenvalue weighted by atomic mass is 9.87. The number of nitrogens with zero attached hydrogens (tertiary/aromatic N) is 3. The summed E-state index contributed by atoms with van der Waals surface area (Å²) in [5.41, 5.74) is -0.724. The minimum absolute atomic E-state index is 0.0971. The summed E-state index contributed by atoms with van der Waals surface area (Å²) in [6.45, 7) is 2.17. The number of benzene rings is 1. The minimum atomic E-state index is -4.87. The average Bonchev–Trinajstić information content (AvgIpc) is 3.68. The highest BCUT2D eigenvalue weighted by molar-refractivity contribution is 5.86. The summed E-state index contributed by atoms with van der Waals surface area (Å²) in [7, 11) is 1.55. The number of anilines is 1.